The SMILES string of the molecule is Cc1noc(C)c1CC(=O)Nc1cc(Cl)ccc1C(=O)[O-]. The average Bonchev–Trinajstić information content (AvgIpc) is 2.70. The largest absolute Gasteiger partial charge is 0.545 e. The number of amides is 1. The van der Waals surface area contributed by atoms with Crippen LogP contribution in [0.4, 0.5) is 5.69 Å². The molecule has 0 saturated carbocycles. The van der Waals surface area contributed by atoms with Crippen LogP contribution >= 0.6 is 11.6 Å². The van der Waals surface area contributed by atoms with Crippen LogP contribution < -0.4 is 10.4 Å². The molecule has 0 aliphatic heterocycles. The molecule has 2 aromatic rings. The minimum Gasteiger partial charge on any atom is -0.545 e. The molecule has 0 bridgehead atoms. The van der Waals surface area contributed by atoms with E-state index < -0.39 is 11.9 Å². The number of aryl methyl sites for hydroxylation is 2. The molecule has 1 N–H and O–H groups in total. The third-order valence-electron chi connectivity index (χ3n) is 2.99. The molecule has 0 unspecified atom stereocenters. The van der Waals surface area contributed by atoms with E-state index in [1.54, 1.807) is 13.8 Å². The van der Waals surface area contributed by atoms with Crippen LogP contribution in [-0.2, 0) is 11.2 Å². The van der Waals surface area contributed by atoms with Gasteiger partial charge < -0.3 is 19.7 Å². The standard InChI is InChI=1S/C14H13ClN2O4/c1-7-11(8(2)21-17-7)6-13(18)16-12-5-9(15)3-4-10(12)14(19)20/h3-5H,6H2,1-2H3,(H,16,18)(H,19,20)/p-1. The second-order valence-corrected chi connectivity index (χ2v) is 4.94. The fourth-order valence-corrected chi connectivity index (χ4v) is 2.08. The number of carboxylic acids is 1. The summed E-state index contributed by atoms with van der Waals surface area (Å²) in [6, 6.07) is 4.05. The predicted octanol–water partition coefficient (Wildman–Crippen LogP) is 1.49. The normalized spacial score (nSPS) is 10.4. The van der Waals surface area contributed by atoms with E-state index in [1.165, 1.54) is 18.2 Å². The Kier molecular flexibility index (Phi) is 4.28. The van der Waals surface area contributed by atoms with Crippen LogP contribution in [0, 0.1) is 13.8 Å². The summed E-state index contributed by atoms with van der Waals surface area (Å²) < 4.78 is 4.97. The van der Waals surface area contributed by atoms with Gasteiger partial charge in [0.15, 0.2) is 0 Å². The van der Waals surface area contributed by atoms with Crippen molar-refractivity contribution in [1.29, 1.82) is 0 Å². The molecule has 1 aromatic heterocycles. The van der Waals surface area contributed by atoms with Gasteiger partial charge in [-0.25, -0.2) is 0 Å². The Bertz CT molecular complexity index is 689. The highest BCUT2D eigenvalue weighted by molar-refractivity contribution is 6.31. The van der Waals surface area contributed by atoms with Crippen molar-refractivity contribution in [2.45, 2.75) is 20.3 Å². The number of carboxylic acid groups (broad SMARTS) is 1. The molecule has 0 atom stereocenters. The number of rotatable bonds is 4. The Labute approximate surface area is 125 Å². The van der Waals surface area contributed by atoms with Crippen molar-refractivity contribution >= 4 is 29.2 Å². The van der Waals surface area contributed by atoms with Crippen LogP contribution in [-0.4, -0.2) is 17.0 Å². The molecule has 1 aromatic carbocycles. The molecular formula is C14H12ClN2O4-. The van der Waals surface area contributed by atoms with E-state index in [4.69, 9.17) is 16.1 Å². The highest BCUT2D eigenvalue weighted by Crippen LogP contribution is 2.21. The van der Waals surface area contributed by atoms with E-state index in [0.29, 0.717) is 22.0 Å². The summed E-state index contributed by atoms with van der Waals surface area (Å²) in [7, 11) is 0. The van der Waals surface area contributed by atoms with Gasteiger partial charge in [0.25, 0.3) is 0 Å². The fraction of sp³-hybridized carbons (Fsp3) is 0.214. The maximum atomic E-state index is 12.0. The molecule has 21 heavy (non-hydrogen) atoms. The van der Waals surface area contributed by atoms with Crippen molar-refractivity contribution in [3.63, 3.8) is 0 Å². The molecule has 1 heterocycles. The van der Waals surface area contributed by atoms with Crippen LogP contribution in [0.5, 0.6) is 0 Å². The molecule has 0 saturated heterocycles. The van der Waals surface area contributed by atoms with Crippen LogP contribution in [0.25, 0.3) is 0 Å². The lowest BCUT2D eigenvalue weighted by molar-refractivity contribution is -0.254. The van der Waals surface area contributed by atoms with Crippen LogP contribution in [0.2, 0.25) is 5.02 Å². The second-order valence-electron chi connectivity index (χ2n) is 4.51. The van der Waals surface area contributed by atoms with E-state index in [1.807, 2.05) is 0 Å². The van der Waals surface area contributed by atoms with Crippen molar-refractivity contribution in [3.8, 4) is 0 Å². The van der Waals surface area contributed by atoms with Gasteiger partial charge in [-0.05, 0) is 32.0 Å². The summed E-state index contributed by atoms with van der Waals surface area (Å²) in [5.41, 5.74) is 1.25. The van der Waals surface area contributed by atoms with Gasteiger partial charge in [-0.3, -0.25) is 4.79 Å². The molecule has 0 aliphatic carbocycles. The number of carbonyl (C=O) groups excluding carboxylic acids is 2. The minimum absolute atomic E-state index is 0.0279. The zero-order valence-corrected chi connectivity index (χ0v) is 12.2. The smallest absolute Gasteiger partial charge is 0.229 e. The third-order valence-corrected chi connectivity index (χ3v) is 3.23. The summed E-state index contributed by atoms with van der Waals surface area (Å²) in [6.07, 6.45) is 0.0279. The lowest BCUT2D eigenvalue weighted by Crippen LogP contribution is -2.25. The zero-order chi connectivity index (χ0) is 15.6. The van der Waals surface area contributed by atoms with Gasteiger partial charge in [-0.2, -0.15) is 0 Å². The van der Waals surface area contributed by atoms with Gasteiger partial charge in [0.1, 0.15) is 5.76 Å². The highest BCUT2D eigenvalue weighted by atomic mass is 35.5. The molecule has 0 fully saturated rings. The minimum atomic E-state index is -1.39. The third kappa shape index (κ3) is 3.41. The van der Waals surface area contributed by atoms with E-state index >= 15 is 0 Å². The van der Waals surface area contributed by atoms with Gasteiger partial charge in [-0.1, -0.05) is 16.8 Å². The summed E-state index contributed by atoms with van der Waals surface area (Å²) in [5, 5.41) is 17.6. The van der Waals surface area contributed by atoms with Gasteiger partial charge in [0.2, 0.25) is 5.91 Å². The average molecular weight is 308 g/mol. The summed E-state index contributed by atoms with van der Waals surface area (Å²) in [4.78, 5) is 23.0. The summed E-state index contributed by atoms with van der Waals surface area (Å²) in [5.74, 6) is -1.23. The van der Waals surface area contributed by atoms with Gasteiger partial charge in [0.05, 0.1) is 23.8 Å². The molecule has 1 amide bonds. The number of benzene rings is 1. The zero-order valence-electron chi connectivity index (χ0n) is 11.4. The molecular weight excluding hydrogens is 296 g/mol. The number of nitrogens with one attached hydrogen (secondary N) is 1. The topological polar surface area (TPSA) is 95.3 Å². The van der Waals surface area contributed by atoms with Crippen LogP contribution in [0.1, 0.15) is 27.4 Å². The quantitative estimate of drug-likeness (QED) is 0.923. The molecule has 7 heteroatoms. The van der Waals surface area contributed by atoms with Crippen molar-refractivity contribution in [2.75, 3.05) is 5.32 Å². The summed E-state index contributed by atoms with van der Waals surface area (Å²) >= 11 is 5.81. The Morgan fingerprint density at radius 1 is 1.38 bits per heavy atom. The Morgan fingerprint density at radius 3 is 2.67 bits per heavy atom. The number of aromatic carboxylic acids is 1. The lowest BCUT2D eigenvalue weighted by atomic mass is 10.1. The molecule has 0 aliphatic rings. The fourth-order valence-electron chi connectivity index (χ4n) is 1.91. The van der Waals surface area contributed by atoms with E-state index in [-0.39, 0.29) is 17.7 Å². The molecule has 2 rings (SSSR count). The van der Waals surface area contributed by atoms with Crippen molar-refractivity contribution in [1.82, 2.24) is 5.16 Å². The monoisotopic (exact) mass is 307 g/mol. The first-order valence-electron chi connectivity index (χ1n) is 6.11. The van der Waals surface area contributed by atoms with Crippen molar-refractivity contribution < 1.29 is 19.2 Å². The second kappa shape index (κ2) is 5.97. The first-order valence-corrected chi connectivity index (χ1v) is 6.48. The number of hydrogen-bond donors (Lipinski definition) is 1. The Hall–Kier alpha value is -2.34. The number of nitrogens with zero attached hydrogens (tertiary/aromatic N) is 1. The number of aromatic nitrogens is 1. The lowest BCUT2D eigenvalue weighted by Gasteiger charge is -2.12. The van der Waals surface area contributed by atoms with E-state index in [9.17, 15) is 14.7 Å². The summed E-state index contributed by atoms with van der Waals surface area (Å²) in [6.45, 7) is 3.43. The first-order chi connectivity index (χ1) is 9.88. The van der Waals surface area contributed by atoms with Crippen LogP contribution in [0.15, 0.2) is 22.7 Å². The molecule has 6 nitrogen and oxygen atoms in total. The van der Waals surface area contributed by atoms with E-state index in [2.05, 4.69) is 10.5 Å². The maximum Gasteiger partial charge on any atom is 0.229 e. The van der Waals surface area contributed by atoms with Gasteiger partial charge >= 0.3 is 0 Å². The number of anilines is 1. The van der Waals surface area contributed by atoms with Crippen molar-refractivity contribution in [3.05, 3.63) is 45.8 Å². The van der Waals surface area contributed by atoms with Gasteiger partial charge in [-0.15, -0.1) is 0 Å². The number of hydrogen-bond acceptors (Lipinski definition) is 5. The van der Waals surface area contributed by atoms with E-state index in [0.717, 1.165) is 0 Å². The first kappa shape index (κ1) is 15.1. The molecule has 0 spiro atoms. The number of carbonyl (C=O) groups is 2. The Balaban J connectivity index is 2.20. The molecule has 110 valence electrons. The predicted molar refractivity (Wildman–Crippen MR) is 74.1 cm³/mol. The Morgan fingerprint density at radius 2 is 2.10 bits per heavy atom. The maximum absolute atomic E-state index is 12.0. The molecule has 0 radical (unpaired) electrons. The van der Waals surface area contributed by atoms with Crippen molar-refractivity contribution in [2.24, 2.45) is 0 Å². The van der Waals surface area contributed by atoms with Crippen LogP contribution in [0.3, 0.4) is 0 Å². The number of halogens is 1. The highest BCUT2D eigenvalue weighted by Gasteiger charge is 2.15. The van der Waals surface area contributed by atoms with Gasteiger partial charge in [0, 0.05) is 16.1 Å².